The van der Waals surface area contributed by atoms with Gasteiger partial charge < -0.3 is 15.5 Å². The van der Waals surface area contributed by atoms with Crippen LogP contribution in [0, 0.1) is 0 Å². The number of amides is 1. The van der Waals surface area contributed by atoms with Crippen LogP contribution in [0.1, 0.15) is 13.8 Å². The highest BCUT2D eigenvalue weighted by Crippen LogP contribution is 2.27. The summed E-state index contributed by atoms with van der Waals surface area (Å²) in [6.45, 7) is 5.34. The Morgan fingerprint density at radius 3 is 2.65 bits per heavy atom. The number of pyridine rings is 1. The van der Waals surface area contributed by atoms with Gasteiger partial charge in [-0.15, -0.1) is 0 Å². The van der Waals surface area contributed by atoms with Gasteiger partial charge in [-0.1, -0.05) is 0 Å². The second kappa shape index (κ2) is 3.91. The van der Waals surface area contributed by atoms with Crippen molar-refractivity contribution in [3.63, 3.8) is 0 Å². The molecule has 0 aromatic carbocycles. The van der Waals surface area contributed by atoms with E-state index in [0.29, 0.717) is 12.2 Å². The molecule has 0 bridgehead atoms. The van der Waals surface area contributed by atoms with E-state index in [1.54, 1.807) is 17.2 Å². The van der Waals surface area contributed by atoms with E-state index in [9.17, 15) is 4.79 Å². The molecular formula is C12H18N4O. The zero-order valence-corrected chi connectivity index (χ0v) is 10.5. The molecular weight excluding hydrogens is 216 g/mol. The minimum atomic E-state index is -0.559. The average Bonchev–Trinajstić information content (AvgIpc) is 2.28. The summed E-state index contributed by atoms with van der Waals surface area (Å²) in [5.74, 6) is 0.910. The highest BCUT2D eigenvalue weighted by molar-refractivity contribution is 5.90. The lowest BCUT2D eigenvalue weighted by Gasteiger charge is -2.45. The van der Waals surface area contributed by atoms with Gasteiger partial charge in [0.2, 0.25) is 5.91 Å². The molecule has 0 saturated carbocycles. The van der Waals surface area contributed by atoms with Gasteiger partial charge in [0.05, 0.1) is 11.9 Å². The van der Waals surface area contributed by atoms with E-state index in [1.165, 1.54) is 0 Å². The molecule has 2 rings (SSSR count). The SMILES string of the molecule is CN1CCN(c2ccc(N)cn2)C(C)(C)C1=O. The van der Waals surface area contributed by atoms with Crippen LogP contribution in [0.15, 0.2) is 18.3 Å². The van der Waals surface area contributed by atoms with Crippen molar-refractivity contribution in [1.82, 2.24) is 9.88 Å². The van der Waals surface area contributed by atoms with Gasteiger partial charge in [-0.05, 0) is 26.0 Å². The molecule has 92 valence electrons. The monoisotopic (exact) mass is 234 g/mol. The molecule has 0 aliphatic carbocycles. The molecule has 1 aliphatic heterocycles. The summed E-state index contributed by atoms with van der Waals surface area (Å²) in [5, 5.41) is 0. The quantitative estimate of drug-likeness (QED) is 0.777. The number of rotatable bonds is 1. The number of hydrogen-bond acceptors (Lipinski definition) is 4. The third kappa shape index (κ3) is 1.92. The van der Waals surface area contributed by atoms with E-state index in [2.05, 4.69) is 4.98 Å². The van der Waals surface area contributed by atoms with Crippen LogP contribution in [-0.2, 0) is 4.79 Å². The number of aromatic nitrogens is 1. The van der Waals surface area contributed by atoms with Crippen LogP contribution in [0.3, 0.4) is 0 Å². The van der Waals surface area contributed by atoms with Gasteiger partial charge in [0.1, 0.15) is 11.4 Å². The standard InChI is InChI=1S/C12H18N4O/c1-12(2)11(17)15(3)6-7-16(12)10-5-4-9(13)8-14-10/h4-5,8H,6-7,13H2,1-3H3. The number of likely N-dealkylation sites (N-methyl/N-ethyl adjacent to an activating group) is 1. The summed E-state index contributed by atoms with van der Waals surface area (Å²) in [5.41, 5.74) is 5.69. The third-order valence-corrected chi connectivity index (χ3v) is 3.25. The largest absolute Gasteiger partial charge is 0.397 e. The van der Waals surface area contributed by atoms with Crippen LogP contribution in [-0.4, -0.2) is 41.5 Å². The van der Waals surface area contributed by atoms with Crippen molar-refractivity contribution in [3.8, 4) is 0 Å². The highest BCUT2D eigenvalue weighted by atomic mass is 16.2. The van der Waals surface area contributed by atoms with Crippen molar-refractivity contribution in [2.24, 2.45) is 0 Å². The Hall–Kier alpha value is -1.78. The van der Waals surface area contributed by atoms with Crippen LogP contribution in [0.4, 0.5) is 11.5 Å². The van der Waals surface area contributed by atoms with Crippen molar-refractivity contribution in [3.05, 3.63) is 18.3 Å². The van der Waals surface area contributed by atoms with Crippen molar-refractivity contribution >= 4 is 17.4 Å². The Morgan fingerprint density at radius 1 is 1.35 bits per heavy atom. The Labute approximate surface area is 101 Å². The van der Waals surface area contributed by atoms with Gasteiger partial charge in [0, 0.05) is 20.1 Å². The fraction of sp³-hybridized carbons (Fsp3) is 0.500. The van der Waals surface area contributed by atoms with Gasteiger partial charge in [0.25, 0.3) is 0 Å². The topological polar surface area (TPSA) is 62.5 Å². The van der Waals surface area contributed by atoms with E-state index < -0.39 is 5.54 Å². The maximum atomic E-state index is 12.1. The van der Waals surface area contributed by atoms with Gasteiger partial charge in [-0.2, -0.15) is 0 Å². The summed E-state index contributed by atoms with van der Waals surface area (Å²) < 4.78 is 0. The van der Waals surface area contributed by atoms with Crippen LogP contribution in [0.2, 0.25) is 0 Å². The lowest BCUT2D eigenvalue weighted by atomic mass is 9.98. The van der Waals surface area contributed by atoms with Crippen LogP contribution >= 0.6 is 0 Å². The maximum absolute atomic E-state index is 12.1. The Morgan fingerprint density at radius 2 is 2.06 bits per heavy atom. The molecule has 0 radical (unpaired) electrons. The molecule has 1 aliphatic rings. The summed E-state index contributed by atoms with van der Waals surface area (Å²) in [4.78, 5) is 20.2. The molecule has 5 nitrogen and oxygen atoms in total. The third-order valence-electron chi connectivity index (χ3n) is 3.25. The molecule has 1 fully saturated rings. The van der Waals surface area contributed by atoms with E-state index in [0.717, 1.165) is 12.4 Å². The Kier molecular flexibility index (Phi) is 2.69. The summed E-state index contributed by atoms with van der Waals surface area (Å²) in [6, 6.07) is 3.66. The Balaban J connectivity index is 2.32. The number of nitrogens with two attached hydrogens (primary N) is 1. The predicted octanol–water partition coefficient (Wildman–Crippen LogP) is 0.721. The number of carbonyl (C=O) groups excluding carboxylic acids is 1. The molecule has 1 aromatic rings. The zero-order chi connectivity index (χ0) is 12.6. The molecule has 2 N–H and O–H groups in total. The van der Waals surface area contributed by atoms with E-state index in [1.807, 2.05) is 31.9 Å². The van der Waals surface area contributed by atoms with Crippen molar-refractivity contribution < 1.29 is 4.79 Å². The lowest BCUT2D eigenvalue weighted by Crippen LogP contribution is -2.62. The molecule has 0 unspecified atom stereocenters. The van der Waals surface area contributed by atoms with Crippen molar-refractivity contribution in [1.29, 1.82) is 0 Å². The molecule has 1 amide bonds. The fourth-order valence-corrected chi connectivity index (χ4v) is 2.17. The van der Waals surface area contributed by atoms with E-state index in [4.69, 9.17) is 5.73 Å². The van der Waals surface area contributed by atoms with E-state index in [-0.39, 0.29) is 5.91 Å². The average molecular weight is 234 g/mol. The van der Waals surface area contributed by atoms with Crippen LogP contribution in [0.5, 0.6) is 0 Å². The first-order chi connectivity index (χ1) is 7.93. The second-order valence-electron chi connectivity index (χ2n) is 4.89. The molecule has 1 aromatic heterocycles. The first kappa shape index (κ1) is 11.7. The number of anilines is 2. The van der Waals surface area contributed by atoms with E-state index >= 15 is 0 Å². The zero-order valence-electron chi connectivity index (χ0n) is 10.5. The first-order valence-electron chi connectivity index (χ1n) is 5.67. The van der Waals surface area contributed by atoms with Crippen molar-refractivity contribution in [2.75, 3.05) is 30.8 Å². The van der Waals surface area contributed by atoms with Gasteiger partial charge in [-0.3, -0.25) is 4.79 Å². The lowest BCUT2D eigenvalue weighted by molar-refractivity contribution is -0.136. The summed E-state index contributed by atoms with van der Waals surface area (Å²) in [7, 11) is 1.83. The van der Waals surface area contributed by atoms with Gasteiger partial charge in [-0.25, -0.2) is 4.98 Å². The number of carbonyl (C=O) groups is 1. The molecule has 2 heterocycles. The normalized spacial score (nSPS) is 19.6. The fourth-order valence-electron chi connectivity index (χ4n) is 2.17. The number of nitrogen functional groups attached to an aromatic ring is 1. The number of nitrogens with zero attached hydrogens (tertiary/aromatic N) is 3. The predicted molar refractivity (Wildman–Crippen MR) is 67.7 cm³/mol. The Bertz CT molecular complexity index is 427. The second-order valence-corrected chi connectivity index (χ2v) is 4.89. The smallest absolute Gasteiger partial charge is 0.247 e. The van der Waals surface area contributed by atoms with Crippen LogP contribution < -0.4 is 10.6 Å². The summed E-state index contributed by atoms with van der Waals surface area (Å²) >= 11 is 0. The minimum absolute atomic E-state index is 0.113. The summed E-state index contributed by atoms with van der Waals surface area (Å²) in [6.07, 6.45) is 1.62. The molecule has 0 atom stereocenters. The minimum Gasteiger partial charge on any atom is -0.397 e. The maximum Gasteiger partial charge on any atom is 0.247 e. The van der Waals surface area contributed by atoms with Gasteiger partial charge in [0.15, 0.2) is 0 Å². The molecule has 5 heteroatoms. The first-order valence-corrected chi connectivity index (χ1v) is 5.67. The molecule has 17 heavy (non-hydrogen) atoms. The van der Waals surface area contributed by atoms with Gasteiger partial charge >= 0.3 is 0 Å². The number of piperazine rings is 1. The number of hydrogen-bond donors (Lipinski definition) is 1. The van der Waals surface area contributed by atoms with Crippen molar-refractivity contribution in [2.45, 2.75) is 19.4 Å². The highest BCUT2D eigenvalue weighted by Gasteiger charge is 2.40. The molecule has 1 saturated heterocycles. The van der Waals surface area contributed by atoms with Crippen LogP contribution in [0.25, 0.3) is 0 Å². The molecule has 0 spiro atoms.